The number of halogens is 6. The van der Waals surface area contributed by atoms with Crippen molar-refractivity contribution < 1.29 is 41.0 Å². The molecule has 3 rings (SSSR count). The molecule has 2 atom stereocenters. The first-order valence-corrected chi connectivity index (χ1v) is 12.2. The molecule has 0 radical (unpaired) electrons. The number of urea groups is 1. The Morgan fingerprint density at radius 1 is 0.897 bits per heavy atom. The van der Waals surface area contributed by atoms with Gasteiger partial charge in [0.25, 0.3) is 0 Å². The second-order valence-corrected chi connectivity index (χ2v) is 10.3. The maximum absolute atomic E-state index is 13.8. The number of carbonyl (C=O) groups is 2. The molecule has 214 valence electrons. The van der Waals surface area contributed by atoms with Crippen molar-refractivity contribution in [2.24, 2.45) is 0 Å². The Bertz CT molecular complexity index is 1150. The third-order valence-corrected chi connectivity index (χ3v) is 7.21. The number of benzene rings is 2. The van der Waals surface area contributed by atoms with Crippen LogP contribution in [0.2, 0.25) is 0 Å². The summed E-state index contributed by atoms with van der Waals surface area (Å²) in [5.74, 6) is -1.06. The van der Waals surface area contributed by atoms with E-state index in [1.807, 2.05) is 12.1 Å². The zero-order chi connectivity index (χ0) is 29.3. The van der Waals surface area contributed by atoms with Crippen LogP contribution in [0.4, 0.5) is 31.1 Å². The van der Waals surface area contributed by atoms with Gasteiger partial charge in [-0.25, -0.2) is 4.79 Å². The van der Waals surface area contributed by atoms with E-state index in [9.17, 15) is 41.0 Å². The molecule has 1 saturated heterocycles. The van der Waals surface area contributed by atoms with Crippen LogP contribution in [0.1, 0.15) is 42.0 Å². The summed E-state index contributed by atoms with van der Waals surface area (Å²) in [6.45, 7) is 2.73. The summed E-state index contributed by atoms with van der Waals surface area (Å²) >= 11 is 0. The molecule has 6 nitrogen and oxygen atoms in total. The fraction of sp³-hybridized carbons (Fsp3) is 0.481. The van der Waals surface area contributed by atoms with Gasteiger partial charge in [-0.1, -0.05) is 30.3 Å². The third-order valence-electron chi connectivity index (χ3n) is 7.21. The summed E-state index contributed by atoms with van der Waals surface area (Å²) in [5.41, 5.74) is -4.36. The molecule has 2 aromatic rings. The maximum Gasteiger partial charge on any atom is 0.416 e. The molecule has 1 aliphatic rings. The van der Waals surface area contributed by atoms with Crippen LogP contribution < -0.4 is 0 Å². The lowest BCUT2D eigenvalue weighted by molar-refractivity contribution is -0.144. The van der Waals surface area contributed by atoms with Gasteiger partial charge in [-0.05, 0) is 43.2 Å². The number of alkyl halides is 6. The van der Waals surface area contributed by atoms with Crippen molar-refractivity contribution >= 4 is 11.9 Å². The van der Waals surface area contributed by atoms with E-state index in [0.717, 1.165) is 5.56 Å². The largest absolute Gasteiger partial charge is 0.416 e. The molecule has 0 spiro atoms. The number of hydrogen-bond donors (Lipinski definition) is 1. The highest BCUT2D eigenvalue weighted by atomic mass is 19.4. The number of hydrogen-bond acceptors (Lipinski definition) is 3. The van der Waals surface area contributed by atoms with Crippen molar-refractivity contribution in [2.45, 2.75) is 43.6 Å². The first-order chi connectivity index (χ1) is 18.0. The minimum atomic E-state index is -5.05. The van der Waals surface area contributed by atoms with Gasteiger partial charge in [-0.3, -0.25) is 4.79 Å². The van der Waals surface area contributed by atoms with Gasteiger partial charge in [-0.2, -0.15) is 26.3 Å². The van der Waals surface area contributed by atoms with Gasteiger partial charge in [-0.15, -0.1) is 0 Å². The fourth-order valence-corrected chi connectivity index (χ4v) is 4.88. The van der Waals surface area contributed by atoms with Crippen molar-refractivity contribution in [1.29, 1.82) is 0 Å². The minimum Gasteiger partial charge on any atom is -0.395 e. The number of aliphatic hydroxyl groups excluding tert-OH is 1. The number of nitrogens with zero attached hydrogens (tertiary/aromatic N) is 3. The monoisotopic (exact) mass is 559 g/mol. The van der Waals surface area contributed by atoms with Crippen molar-refractivity contribution in [3.63, 3.8) is 0 Å². The Morgan fingerprint density at radius 3 is 1.90 bits per heavy atom. The molecule has 0 aliphatic carbocycles. The number of amides is 3. The second kappa shape index (κ2) is 11.1. The summed E-state index contributed by atoms with van der Waals surface area (Å²) in [6.07, 6.45) is -10.1. The van der Waals surface area contributed by atoms with Gasteiger partial charge in [0, 0.05) is 39.6 Å². The molecule has 1 fully saturated rings. The molecule has 1 heterocycles. The Balaban J connectivity index is 2.00. The van der Waals surface area contributed by atoms with Crippen molar-refractivity contribution in [2.75, 3.05) is 40.3 Å². The summed E-state index contributed by atoms with van der Waals surface area (Å²) < 4.78 is 80.9. The highest BCUT2D eigenvalue weighted by Gasteiger charge is 2.45. The lowest BCUT2D eigenvalue weighted by atomic mass is 9.80. The zero-order valence-electron chi connectivity index (χ0n) is 22.0. The fourth-order valence-electron chi connectivity index (χ4n) is 4.88. The predicted molar refractivity (Wildman–Crippen MR) is 132 cm³/mol. The van der Waals surface area contributed by atoms with Crippen LogP contribution in [-0.4, -0.2) is 78.1 Å². The van der Waals surface area contributed by atoms with Crippen LogP contribution in [0.3, 0.4) is 0 Å². The molecular weight excluding hydrogens is 528 g/mol. The lowest BCUT2D eigenvalue weighted by Gasteiger charge is -2.36. The van der Waals surface area contributed by atoms with Gasteiger partial charge in [0.05, 0.1) is 29.2 Å². The van der Waals surface area contributed by atoms with Gasteiger partial charge < -0.3 is 19.8 Å². The molecule has 0 unspecified atom stereocenters. The van der Waals surface area contributed by atoms with Gasteiger partial charge in [0.1, 0.15) is 0 Å². The highest BCUT2D eigenvalue weighted by molar-refractivity contribution is 5.88. The summed E-state index contributed by atoms with van der Waals surface area (Å²) in [4.78, 5) is 30.9. The van der Waals surface area contributed by atoms with Gasteiger partial charge in [0.2, 0.25) is 5.91 Å². The molecule has 2 aromatic carbocycles. The molecule has 3 amide bonds. The Hall–Kier alpha value is -3.28. The van der Waals surface area contributed by atoms with Crippen LogP contribution in [-0.2, 0) is 22.6 Å². The molecular formula is C27H31F6N3O3. The first-order valence-electron chi connectivity index (χ1n) is 12.2. The van der Waals surface area contributed by atoms with Crippen LogP contribution in [0, 0.1) is 0 Å². The lowest BCUT2D eigenvalue weighted by Crippen LogP contribution is -2.49. The van der Waals surface area contributed by atoms with Crippen LogP contribution in [0.5, 0.6) is 0 Å². The summed E-state index contributed by atoms with van der Waals surface area (Å²) in [5, 5.41) is 9.20. The van der Waals surface area contributed by atoms with E-state index in [-0.39, 0.29) is 44.3 Å². The van der Waals surface area contributed by atoms with Crippen LogP contribution in [0.25, 0.3) is 0 Å². The topological polar surface area (TPSA) is 64.1 Å². The number of aliphatic hydroxyl groups is 1. The van der Waals surface area contributed by atoms with Crippen LogP contribution >= 0.6 is 0 Å². The number of rotatable bonds is 6. The highest BCUT2D eigenvalue weighted by Crippen LogP contribution is 2.40. The van der Waals surface area contributed by atoms with Crippen LogP contribution in [0.15, 0.2) is 48.5 Å². The smallest absolute Gasteiger partial charge is 0.395 e. The van der Waals surface area contributed by atoms with E-state index in [2.05, 4.69) is 0 Å². The Labute approximate surface area is 222 Å². The standard InChI is InChI=1S/C27H31F6N3O3/c1-25(2,18-12-19(26(28,29)30)14-20(13-18)27(31,32)33)23(38)35(4)22-16-36(24(39)34(3)10-11-37)15-21(22)17-8-6-5-7-9-17/h5-9,12-14,21-22,37H,10-11,15-16H2,1-4H3/t21-,22+/m0/s1. The van der Waals surface area contributed by atoms with Gasteiger partial charge >= 0.3 is 18.4 Å². The minimum absolute atomic E-state index is 0.0303. The third kappa shape index (κ3) is 6.48. The summed E-state index contributed by atoms with van der Waals surface area (Å²) in [7, 11) is 2.96. The van der Waals surface area contributed by atoms with E-state index in [0.29, 0.717) is 12.1 Å². The van der Waals surface area contributed by atoms with E-state index in [4.69, 9.17) is 0 Å². The predicted octanol–water partition coefficient (Wildman–Crippen LogP) is 4.97. The molecule has 0 aromatic heterocycles. The maximum atomic E-state index is 13.8. The van der Waals surface area contributed by atoms with Crippen molar-refractivity contribution in [3.8, 4) is 0 Å². The quantitative estimate of drug-likeness (QED) is 0.509. The van der Waals surface area contributed by atoms with Crippen molar-refractivity contribution in [3.05, 3.63) is 70.8 Å². The second-order valence-electron chi connectivity index (χ2n) is 10.3. The van der Waals surface area contributed by atoms with Crippen molar-refractivity contribution in [1.82, 2.24) is 14.7 Å². The normalized spacial score (nSPS) is 18.3. The average molecular weight is 560 g/mol. The Kier molecular flexibility index (Phi) is 8.59. The van der Waals surface area contributed by atoms with E-state index in [1.165, 1.54) is 42.6 Å². The first kappa shape index (κ1) is 30.3. The number of carbonyl (C=O) groups excluding carboxylic acids is 2. The van der Waals surface area contributed by atoms with Gasteiger partial charge in [0.15, 0.2) is 0 Å². The number of likely N-dealkylation sites (tertiary alicyclic amines) is 1. The molecule has 0 bridgehead atoms. The van der Waals surface area contributed by atoms with E-state index in [1.54, 1.807) is 18.2 Å². The Morgan fingerprint density at radius 2 is 1.41 bits per heavy atom. The van der Waals surface area contributed by atoms with E-state index >= 15 is 0 Å². The average Bonchev–Trinajstić information content (AvgIpc) is 3.32. The molecule has 0 saturated carbocycles. The number of likely N-dealkylation sites (N-methyl/N-ethyl adjacent to an activating group) is 2. The molecule has 1 aliphatic heterocycles. The zero-order valence-corrected chi connectivity index (χ0v) is 22.0. The van der Waals surface area contributed by atoms with E-state index < -0.39 is 46.4 Å². The SMILES string of the molecule is CN(CCO)C(=O)N1C[C@@H](N(C)C(=O)C(C)(C)c2cc(C(F)(F)F)cc(C(F)(F)F)c2)[C@H](c2ccccc2)C1. The molecule has 39 heavy (non-hydrogen) atoms. The summed E-state index contributed by atoms with van der Waals surface area (Å²) in [6, 6.07) is 9.23. The molecule has 1 N–H and O–H groups in total. The molecule has 12 heteroatoms.